The smallest absolute Gasteiger partial charge is 0.172 e. The zero-order valence-corrected chi connectivity index (χ0v) is 13.8. The molecule has 1 rings (SSSR count). The molecule has 1 N–H and O–H groups in total. The third kappa shape index (κ3) is 4.69. The highest BCUT2D eigenvalue weighted by Gasteiger charge is 2.12. The molecule has 1 aromatic rings. The van der Waals surface area contributed by atoms with Crippen LogP contribution in [-0.4, -0.2) is 30.2 Å². The summed E-state index contributed by atoms with van der Waals surface area (Å²) in [5, 5.41) is 9.81. The summed E-state index contributed by atoms with van der Waals surface area (Å²) in [4.78, 5) is 2.41. The molecule has 0 spiro atoms. The maximum atomic E-state index is 9.81. The minimum atomic E-state index is 0.163. The third-order valence-corrected chi connectivity index (χ3v) is 4.03. The molecule has 1 atom stereocenters. The van der Waals surface area contributed by atoms with Crippen molar-refractivity contribution in [3.63, 3.8) is 0 Å². The minimum absolute atomic E-state index is 0.163. The van der Waals surface area contributed by atoms with Crippen LogP contribution in [-0.2, 0) is 6.54 Å². The van der Waals surface area contributed by atoms with Crippen molar-refractivity contribution in [2.75, 3.05) is 20.2 Å². The Hall–Kier alpha value is -0.740. The van der Waals surface area contributed by atoms with Crippen LogP contribution >= 0.6 is 15.9 Å². The number of hydrogen-bond donors (Lipinski definition) is 1. The molecule has 0 bridgehead atoms. The van der Waals surface area contributed by atoms with E-state index in [0.29, 0.717) is 16.1 Å². The van der Waals surface area contributed by atoms with Gasteiger partial charge in [-0.15, -0.1) is 0 Å². The Morgan fingerprint density at radius 3 is 2.58 bits per heavy atom. The van der Waals surface area contributed by atoms with E-state index in [9.17, 15) is 5.11 Å². The molecule has 0 amide bonds. The Morgan fingerprint density at radius 1 is 1.37 bits per heavy atom. The average molecular weight is 330 g/mol. The molecule has 108 valence electrons. The van der Waals surface area contributed by atoms with E-state index in [1.54, 1.807) is 7.11 Å². The second-order valence-electron chi connectivity index (χ2n) is 4.97. The van der Waals surface area contributed by atoms with Crippen molar-refractivity contribution in [2.45, 2.75) is 33.7 Å². The maximum Gasteiger partial charge on any atom is 0.172 e. The lowest BCUT2D eigenvalue weighted by molar-refractivity contribution is 0.237. The first-order chi connectivity index (χ1) is 9.01. The number of benzene rings is 1. The number of phenolic OH excluding ortho intramolecular Hbond substituents is 1. The van der Waals surface area contributed by atoms with Crippen LogP contribution in [0.1, 0.15) is 32.8 Å². The van der Waals surface area contributed by atoms with Crippen molar-refractivity contribution in [3.8, 4) is 11.5 Å². The van der Waals surface area contributed by atoms with Crippen molar-refractivity contribution in [1.82, 2.24) is 4.90 Å². The van der Waals surface area contributed by atoms with Crippen LogP contribution in [0.3, 0.4) is 0 Å². The number of halogens is 1. The fourth-order valence-electron chi connectivity index (χ4n) is 2.01. The summed E-state index contributed by atoms with van der Waals surface area (Å²) in [6.07, 6.45) is 1.19. The monoisotopic (exact) mass is 329 g/mol. The number of nitrogens with zero attached hydrogens (tertiary/aromatic N) is 1. The Kier molecular flexibility index (Phi) is 6.66. The predicted octanol–water partition coefficient (Wildman–Crippen LogP) is 4.03. The van der Waals surface area contributed by atoms with E-state index in [2.05, 4.69) is 41.6 Å². The van der Waals surface area contributed by atoms with E-state index in [-0.39, 0.29) is 5.75 Å². The largest absolute Gasteiger partial charge is 0.503 e. The van der Waals surface area contributed by atoms with Gasteiger partial charge in [-0.1, -0.05) is 27.2 Å². The molecular formula is C15H24BrNO2. The van der Waals surface area contributed by atoms with Crippen LogP contribution in [0.4, 0.5) is 0 Å². The zero-order valence-electron chi connectivity index (χ0n) is 12.2. The highest BCUT2D eigenvalue weighted by atomic mass is 79.9. The molecule has 19 heavy (non-hydrogen) atoms. The summed E-state index contributed by atoms with van der Waals surface area (Å²) in [5.74, 6) is 1.38. The van der Waals surface area contributed by atoms with E-state index in [1.165, 1.54) is 6.42 Å². The van der Waals surface area contributed by atoms with Crippen LogP contribution in [0.15, 0.2) is 16.6 Å². The van der Waals surface area contributed by atoms with Crippen molar-refractivity contribution in [2.24, 2.45) is 5.92 Å². The van der Waals surface area contributed by atoms with E-state index in [4.69, 9.17) is 4.74 Å². The molecule has 0 saturated carbocycles. The van der Waals surface area contributed by atoms with Crippen molar-refractivity contribution < 1.29 is 9.84 Å². The summed E-state index contributed by atoms with van der Waals surface area (Å²) in [6.45, 7) is 9.65. The second-order valence-corrected chi connectivity index (χ2v) is 5.82. The van der Waals surface area contributed by atoms with Gasteiger partial charge >= 0.3 is 0 Å². The Labute approximate surface area is 124 Å². The molecule has 0 heterocycles. The van der Waals surface area contributed by atoms with Gasteiger partial charge in [0.1, 0.15) is 0 Å². The van der Waals surface area contributed by atoms with Gasteiger partial charge < -0.3 is 9.84 Å². The number of ether oxygens (including phenoxy) is 1. The summed E-state index contributed by atoms with van der Waals surface area (Å²) in [6, 6.07) is 3.86. The summed E-state index contributed by atoms with van der Waals surface area (Å²) in [5.41, 5.74) is 1.15. The fraction of sp³-hybridized carbons (Fsp3) is 0.600. The SMILES string of the molecule is CCC(C)CN(CC)Cc1cc(Br)c(O)c(OC)c1. The molecule has 1 aromatic carbocycles. The lowest BCUT2D eigenvalue weighted by atomic mass is 10.1. The minimum Gasteiger partial charge on any atom is -0.503 e. The lowest BCUT2D eigenvalue weighted by Gasteiger charge is -2.24. The Bertz CT molecular complexity index is 409. The van der Waals surface area contributed by atoms with Crippen LogP contribution in [0, 0.1) is 5.92 Å². The highest BCUT2D eigenvalue weighted by molar-refractivity contribution is 9.10. The molecule has 4 heteroatoms. The first-order valence-electron chi connectivity index (χ1n) is 6.79. The van der Waals surface area contributed by atoms with Crippen LogP contribution in [0.5, 0.6) is 11.5 Å². The number of rotatable bonds is 7. The average Bonchev–Trinajstić information content (AvgIpc) is 2.41. The standard InChI is InChI=1S/C15H24BrNO2/c1-5-11(3)9-17(6-2)10-12-7-13(16)15(18)14(8-12)19-4/h7-8,11,18H,5-6,9-10H2,1-4H3. The van der Waals surface area contributed by atoms with Gasteiger partial charge in [0.15, 0.2) is 11.5 Å². The first kappa shape index (κ1) is 16.3. The quantitative estimate of drug-likeness (QED) is 0.819. The van der Waals surface area contributed by atoms with Gasteiger partial charge in [0.2, 0.25) is 0 Å². The molecule has 0 saturated heterocycles. The van der Waals surface area contributed by atoms with E-state index in [1.807, 2.05) is 12.1 Å². The topological polar surface area (TPSA) is 32.7 Å². The van der Waals surface area contributed by atoms with Gasteiger partial charge in [-0.05, 0) is 46.1 Å². The third-order valence-electron chi connectivity index (χ3n) is 3.43. The van der Waals surface area contributed by atoms with Gasteiger partial charge in [0.05, 0.1) is 11.6 Å². The molecule has 0 aliphatic rings. The Morgan fingerprint density at radius 2 is 2.05 bits per heavy atom. The van der Waals surface area contributed by atoms with Gasteiger partial charge in [0, 0.05) is 13.1 Å². The number of phenols is 1. The van der Waals surface area contributed by atoms with Crippen molar-refractivity contribution in [1.29, 1.82) is 0 Å². The molecule has 0 aliphatic heterocycles. The van der Waals surface area contributed by atoms with Crippen molar-refractivity contribution in [3.05, 3.63) is 22.2 Å². The van der Waals surface area contributed by atoms with Gasteiger partial charge in [-0.3, -0.25) is 4.90 Å². The normalized spacial score (nSPS) is 12.7. The van der Waals surface area contributed by atoms with Crippen LogP contribution < -0.4 is 4.74 Å². The summed E-state index contributed by atoms with van der Waals surface area (Å²) < 4.78 is 5.87. The fourth-order valence-corrected chi connectivity index (χ4v) is 2.50. The number of aromatic hydroxyl groups is 1. The summed E-state index contributed by atoms with van der Waals surface area (Å²) >= 11 is 3.37. The van der Waals surface area contributed by atoms with Gasteiger partial charge in [-0.25, -0.2) is 0 Å². The van der Waals surface area contributed by atoms with Gasteiger partial charge in [0.25, 0.3) is 0 Å². The van der Waals surface area contributed by atoms with Crippen LogP contribution in [0.2, 0.25) is 0 Å². The highest BCUT2D eigenvalue weighted by Crippen LogP contribution is 2.35. The number of methoxy groups -OCH3 is 1. The molecule has 0 fully saturated rings. The molecule has 0 radical (unpaired) electrons. The molecule has 1 unspecified atom stereocenters. The van der Waals surface area contributed by atoms with E-state index in [0.717, 1.165) is 25.2 Å². The zero-order chi connectivity index (χ0) is 14.4. The van der Waals surface area contributed by atoms with E-state index >= 15 is 0 Å². The lowest BCUT2D eigenvalue weighted by Crippen LogP contribution is -2.27. The predicted molar refractivity (Wildman–Crippen MR) is 82.8 cm³/mol. The molecule has 3 nitrogen and oxygen atoms in total. The molecular weight excluding hydrogens is 306 g/mol. The first-order valence-corrected chi connectivity index (χ1v) is 7.58. The summed E-state index contributed by atoms with van der Waals surface area (Å²) in [7, 11) is 1.57. The van der Waals surface area contributed by atoms with E-state index < -0.39 is 0 Å². The molecule has 0 aromatic heterocycles. The number of hydrogen-bond acceptors (Lipinski definition) is 3. The second kappa shape index (κ2) is 7.75. The van der Waals surface area contributed by atoms with Crippen molar-refractivity contribution >= 4 is 15.9 Å². The Balaban J connectivity index is 2.82. The maximum absolute atomic E-state index is 9.81. The molecule has 0 aliphatic carbocycles. The van der Waals surface area contributed by atoms with Crippen LogP contribution in [0.25, 0.3) is 0 Å². The van der Waals surface area contributed by atoms with Gasteiger partial charge in [-0.2, -0.15) is 0 Å².